The lowest BCUT2D eigenvalue weighted by molar-refractivity contribution is -0.117. The van der Waals surface area contributed by atoms with Gasteiger partial charge in [-0.05, 0) is 43.9 Å². The van der Waals surface area contributed by atoms with Crippen LogP contribution in [0.15, 0.2) is 18.2 Å². The van der Waals surface area contributed by atoms with Gasteiger partial charge in [0, 0.05) is 11.6 Å². The van der Waals surface area contributed by atoms with Crippen LogP contribution in [-0.2, 0) is 11.3 Å². The van der Waals surface area contributed by atoms with Gasteiger partial charge in [0.2, 0.25) is 5.91 Å². The van der Waals surface area contributed by atoms with Crippen molar-refractivity contribution in [2.24, 2.45) is 0 Å². The fraction of sp³-hybridized carbons (Fsp3) is 0.412. The lowest BCUT2D eigenvalue weighted by atomic mass is 10.1. The summed E-state index contributed by atoms with van der Waals surface area (Å²) in [5, 5.41) is 6.67. The molecule has 0 spiro atoms. The molecule has 0 bridgehead atoms. The summed E-state index contributed by atoms with van der Waals surface area (Å²) in [4.78, 5) is 12.3. The highest BCUT2D eigenvalue weighted by Crippen LogP contribution is 2.45. The third-order valence-corrected chi connectivity index (χ3v) is 4.47. The first kappa shape index (κ1) is 16.9. The molecule has 7 heteroatoms. The standard InChI is InChI=1S/C17H18ClF2N3O/c1-9-3-4-10(2)12(7-9)21-13(24)8-23-16(11-5-6-11)14(18)15(22-23)17(19)20/h3-4,7,11,17H,5-6,8H2,1-2H3,(H,21,24). The normalized spacial score (nSPS) is 14.2. The number of carbonyl (C=O) groups excluding carboxylic acids is 1. The summed E-state index contributed by atoms with van der Waals surface area (Å²) in [6.07, 6.45) is -0.988. The molecule has 0 radical (unpaired) electrons. The molecule has 0 aliphatic heterocycles. The van der Waals surface area contributed by atoms with Crippen molar-refractivity contribution in [3.8, 4) is 0 Å². The Bertz CT molecular complexity index is 784. The molecule has 1 amide bonds. The van der Waals surface area contributed by atoms with Crippen molar-refractivity contribution in [1.29, 1.82) is 0 Å². The van der Waals surface area contributed by atoms with Crippen LogP contribution in [0.4, 0.5) is 14.5 Å². The molecule has 3 rings (SSSR count). The van der Waals surface area contributed by atoms with E-state index < -0.39 is 12.1 Å². The molecule has 1 aliphatic rings. The maximum Gasteiger partial charge on any atom is 0.283 e. The Hall–Kier alpha value is -1.95. The third kappa shape index (κ3) is 3.43. The predicted molar refractivity (Wildman–Crippen MR) is 88.7 cm³/mol. The minimum absolute atomic E-state index is 0.00737. The molecule has 2 aromatic rings. The van der Waals surface area contributed by atoms with Crippen molar-refractivity contribution >= 4 is 23.2 Å². The average molecular weight is 354 g/mol. The maximum absolute atomic E-state index is 13.0. The molecule has 0 atom stereocenters. The maximum atomic E-state index is 13.0. The van der Waals surface area contributed by atoms with Gasteiger partial charge in [0.05, 0.1) is 10.7 Å². The summed E-state index contributed by atoms with van der Waals surface area (Å²) in [6, 6.07) is 5.74. The SMILES string of the molecule is Cc1ccc(C)c(NC(=O)Cn2nc(C(F)F)c(Cl)c2C2CC2)c1. The van der Waals surface area contributed by atoms with Crippen LogP contribution in [0.1, 0.15) is 47.7 Å². The summed E-state index contributed by atoms with van der Waals surface area (Å²) in [6.45, 7) is 3.69. The number of aryl methyl sites for hydroxylation is 2. The highest BCUT2D eigenvalue weighted by atomic mass is 35.5. The van der Waals surface area contributed by atoms with Gasteiger partial charge in [0.25, 0.3) is 6.43 Å². The third-order valence-electron chi connectivity index (χ3n) is 4.09. The van der Waals surface area contributed by atoms with E-state index >= 15 is 0 Å². The number of rotatable bonds is 5. The van der Waals surface area contributed by atoms with Gasteiger partial charge in [-0.1, -0.05) is 23.7 Å². The van der Waals surface area contributed by atoms with Crippen molar-refractivity contribution in [2.75, 3.05) is 5.32 Å². The average Bonchev–Trinajstić information content (AvgIpc) is 3.27. The Labute approximate surface area is 143 Å². The Morgan fingerprint density at radius 1 is 1.42 bits per heavy atom. The molecule has 1 N–H and O–H groups in total. The van der Waals surface area contributed by atoms with Crippen molar-refractivity contribution in [1.82, 2.24) is 9.78 Å². The number of hydrogen-bond donors (Lipinski definition) is 1. The Kier molecular flexibility index (Phi) is 4.58. The zero-order chi connectivity index (χ0) is 17.4. The summed E-state index contributed by atoms with van der Waals surface area (Å²) in [5.74, 6) is -0.198. The van der Waals surface area contributed by atoms with E-state index in [9.17, 15) is 13.6 Å². The number of hydrogen-bond acceptors (Lipinski definition) is 2. The fourth-order valence-corrected chi connectivity index (χ4v) is 3.05. The number of halogens is 3. The Morgan fingerprint density at radius 3 is 2.75 bits per heavy atom. The molecule has 24 heavy (non-hydrogen) atoms. The number of amides is 1. The van der Waals surface area contributed by atoms with Crippen LogP contribution in [0, 0.1) is 13.8 Å². The molecular weight excluding hydrogens is 336 g/mol. The van der Waals surface area contributed by atoms with Crippen molar-refractivity contribution in [2.45, 2.75) is 45.6 Å². The van der Waals surface area contributed by atoms with E-state index in [0.29, 0.717) is 11.4 Å². The van der Waals surface area contributed by atoms with E-state index in [0.717, 1.165) is 24.0 Å². The molecule has 1 aromatic carbocycles. The summed E-state index contributed by atoms with van der Waals surface area (Å²) in [7, 11) is 0. The molecule has 1 aromatic heterocycles. The number of nitrogens with one attached hydrogen (secondary N) is 1. The van der Waals surface area contributed by atoms with Crippen LogP contribution in [0.3, 0.4) is 0 Å². The molecule has 1 saturated carbocycles. The van der Waals surface area contributed by atoms with Crippen LogP contribution in [0.2, 0.25) is 5.02 Å². The lowest BCUT2D eigenvalue weighted by Crippen LogP contribution is -2.21. The molecule has 1 fully saturated rings. The van der Waals surface area contributed by atoms with E-state index in [2.05, 4.69) is 10.4 Å². The number of aromatic nitrogens is 2. The number of carbonyl (C=O) groups is 1. The second-order valence-corrected chi connectivity index (χ2v) is 6.56. The number of benzene rings is 1. The monoisotopic (exact) mass is 353 g/mol. The van der Waals surface area contributed by atoms with Crippen LogP contribution in [-0.4, -0.2) is 15.7 Å². The minimum atomic E-state index is -2.75. The smallest absolute Gasteiger partial charge is 0.283 e. The van der Waals surface area contributed by atoms with E-state index in [1.54, 1.807) is 0 Å². The fourth-order valence-electron chi connectivity index (χ4n) is 2.68. The minimum Gasteiger partial charge on any atom is -0.324 e. The van der Waals surface area contributed by atoms with Crippen LogP contribution in [0.5, 0.6) is 0 Å². The first-order valence-corrected chi connectivity index (χ1v) is 8.16. The second kappa shape index (κ2) is 6.51. The second-order valence-electron chi connectivity index (χ2n) is 6.18. The van der Waals surface area contributed by atoms with E-state index in [-0.39, 0.29) is 23.4 Å². The zero-order valence-corrected chi connectivity index (χ0v) is 14.2. The van der Waals surface area contributed by atoms with Gasteiger partial charge in [-0.3, -0.25) is 9.48 Å². The topological polar surface area (TPSA) is 46.9 Å². The first-order chi connectivity index (χ1) is 11.4. The lowest BCUT2D eigenvalue weighted by Gasteiger charge is -2.11. The number of anilines is 1. The van der Waals surface area contributed by atoms with Crippen LogP contribution >= 0.6 is 11.6 Å². The van der Waals surface area contributed by atoms with Crippen molar-refractivity contribution < 1.29 is 13.6 Å². The molecule has 128 valence electrons. The first-order valence-electron chi connectivity index (χ1n) is 7.78. The highest BCUT2D eigenvalue weighted by Gasteiger charge is 2.34. The van der Waals surface area contributed by atoms with Crippen molar-refractivity contribution in [3.05, 3.63) is 45.7 Å². The van der Waals surface area contributed by atoms with Gasteiger partial charge in [-0.25, -0.2) is 8.78 Å². The van der Waals surface area contributed by atoms with Crippen LogP contribution in [0.25, 0.3) is 0 Å². The molecule has 0 unspecified atom stereocenters. The number of nitrogens with zero attached hydrogens (tertiary/aromatic N) is 2. The molecule has 1 heterocycles. The van der Waals surface area contributed by atoms with Crippen molar-refractivity contribution in [3.63, 3.8) is 0 Å². The van der Waals surface area contributed by atoms with Gasteiger partial charge < -0.3 is 5.32 Å². The Balaban J connectivity index is 1.81. The van der Waals surface area contributed by atoms with Gasteiger partial charge >= 0.3 is 0 Å². The van der Waals surface area contributed by atoms with Gasteiger partial charge in [-0.2, -0.15) is 5.10 Å². The quantitative estimate of drug-likeness (QED) is 0.853. The van der Waals surface area contributed by atoms with E-state index in [4.69, 9.17) is 11.6 Å². The number of alkyl halides is 2. The zero-order valence-electron chi connectivity index (χ0n) is 13.4. The summed E-state index contributed by atoms with van der Waals surface area (Å²) < 4.78 is 27.4. The highest BCUT2D eigenvalue weighted by molar-refractivity contribution is 6.32. The summed E-state index contributed by atoms with van der Waals surface area (Å²) >= 11 is 6.05. The van der Waals surface area contributed by atoms with Gasteiger partial charge in [0.1, 0.15) is 12.2 Å². The Morgan fingerprint density at radius 2 is 2.12 bits per heavy atom. The van der Waals surface area contributed by atoms with Crippen LogP contribution < -0.4 is 5.32 Å². The molecule has 1 aliphatic carbocycles. The molecule has 0 saturated heterocycles. The molecule has 4 nitrogen and oxygen atoms in total. The largest absolute Gasteiger partial charge is 0.324 e. The summed E-state index contributed by atoms with van der Waals surface area (Å²) in [5.41, 5.74) is 2.77. The van der Waals surface area contributed by atoms with Gasteiger partial charge in [0.15, 0.2) is 0 Å². The molecular formula is C17H18ClF2N3O. The van der Waals surface area contributed by atoms with E-state index in [1.807, 2.05) is 32.0 Å². The predicted octanol–water partition coefficient (Wildman–Crippen LogP) is 4.61. The van der Waals surface area contributed by atoms with E-state index in [1.165, 1.54) is 4.68 Å². The van der Waals surface area contributed by atoms with Gasteiger partial charge in [-0.15, -0.1) is 0 Å².